The molecule has 0 N–H and O–H groups in total. The van der Waals surface area contributed by atoms with E-state index in [-0.39, 0.29) is 0 Å². The maximum absolute atomic E-state index is 6.84. The Kier molecular flexibility index (Phi) is 4.77. The predicted octanol–water partition coefficient (Wildman–Crippen LogP) is 5.84. The molecule has 0 aliphatic heterocycles. The van der Waals surface area contributed by atoms with E-state index >= 15 is 0 Å². The zero-order valence-corrected chi connectivity index (χ0v) is 16.5. The van der Waals surface area contributed by atoms with Gasteiger partial charge in [0.05, 0.1) is 21.9 Å². The van der Waals surface area contributed by atoms with Crippen molar-refractivity contribution >= 4 is 23.2 Å². The van der Waals surface area contributed by atoms with Crippen LogP contribution in [0.4, 0.5) is 0 Å². The molecule has 0 fully saturated rings. The highest BCUT2D eigenvalue weighted by Gasteiger charge is 2.20. The fraction of sp³-hybridized carbons (Fsp3) is 0.143. The Bertz CT molecular complexity index is 1110. The van der Waals surface area contributed by atoms with Crippen molar-refractivity contribution in [3.63, 3.8) is 0 Å². The fourth-order valence-electron chi connectivity index (χ4n) is 3.14. The lowest BCUT2D eigenvalue weighted by Crippen LogP contribution is -2.11. The van der Waals surface area contributed by atoms with E-state index in [1.165, 1.54) is 0 Å². The summed E-state index contributed by atoms with van der Waals surface area (Å²) < 4.78 is 3.61. The van der Waals surface area contributed by atoms with Crippen molar-refractivity contribution in [2.45, 2.75) is 20.5 Å². The zero-order chi connectivity index (χ0) is 19.0. The molecule has 27 heavy (non-hydrogen) atoms. The molecule has 0 saturated heterocycles. The van der Waals surface area contributed by atoms with Gasteiger partial charge in [0.25, 0.3) is 0 Å². The number of hydrogen-bond donors (Lipinski definition) is 0. The minimum absolute atomic E-state index is 0.418. The lowest BCUT2D eigenvalue weighted by atomic mass is 10.1. The van der Waals surface area contributed by atoms with Crippen LogP contribution in [0.25, 0.3) is 22.5 Å². The summed E-state index contributed by atoms with van der Waals surface area (Å²) in [6.45, 7) is 4.54. The van der Waals surface area contributed by atoms with E-state index < -0.39 is 0 Å². The summed E-state index contributed by atoms with van der Waals surface area (Å²) in [6, 6.07) is 16.4. The van der Waals surface area contributed by atoms with Crippen LogP contribution in [0.15, 0.2) is 60.9 Å². The molecule has 4 nitrogen and oxygen atoms in total. The van der Waals surface area contributed by atoms with Gasteiger partial charge >= 0.3 is 0 Å². The molecular weight excluding hydrogens is 379 g/mol. The summed E-state index contributed by atoms with van der Waals surface area (Å²) in [6.07, 6.45) is 3.38. The summed E-state index contributed by atoms with van der Waals surface area (Å²) >= 11 is 12.9. The monoisotopic (exact) mass is 396 g/mol. The summed E-state index contributed by atoms with van der Waals surface area (Å²) in [4.78, 5) is 0. The van der Waals surface area contributed by atoms with Gasteiger partial charge in [-0.25, -0.2) is 9.36 Å². The Balaban J connectivity index is 1.88. The lowest BCUT2D eigenvalue weighted by molar-refractivity contribution is 0.508. The molecule has 0 radical (unpaired) electrons. The highest BCUT2D eigenvalue weighted by molar-refractivity contribution is 6.35. The number of aryl methyl sites for hydroxylation is 2. The summed E-state index contributed by atoms with van der Waals surface area (Å²) in [5.41, 5.74) is 5.96. The normalized spacial score (nSPS) is 11.1. The topological polar surface area (TPSA) is 35.6 Å². The number of halogens is 2. The van der Waals surface area contributed by atoms with E-state index in [1.807, 2.05) is 28.9 Å². The van der Waals surface area contributed by atoms with E-state index in [0.29, 0.717) is 16.7 Å². The first-order chi connectivity index (χ1) is 13.0. The lowest BCUT2D eigenvalue weighted by Gasteiger charge is -2.09. The molecule has 0 atom stereocenters. The van der Waals surface area contributed by atoms with Gasteiger partial charge in [0.1, 0.15) is 12.4 Å². The van der Waals surface area contributed by atoms with Crippen molar-refractivity contribution in [1.82, 2.24) is 19.6 Å². The van der Waals surface area contributed by atoms with Gasteiger partial charge in [-0.05, 0) is 26.0 Å². The van der Waals surface area contributed by atoms with E-state index in [4.69, 9.17) is 28.3 Å². The van der Waals surface area contributed by atoms with Crippen molar-refractivity contribution in [3.05, 3.63) is 82.1 Å². The second-order valence-corrected chi connectivity index (χ2v) is 7.40. The largest absolute Gasteiger partial charge is 0.250 e. The standard InChI is InChI=1S/C21H18Cl2N4/c1-14-5-3-7-16(9-14)20-19(23)21(17-8-4-6-15(2)10-17)27(25-20)13-26-12-18(22)11-24-26/h3-12H,13H2,1-2H3. The van der Waals surface area contributed by atoms with Crippen molar-refractivity contribution in [2.75, 3.05) is 0 Å². The maximum Gasteiger partial charge on any atom is 0.133 e. The summed E-state index contributed by atoms with van der Waals surface area (Å²) in [7, 11) is 0. The van der Waals surface area contributed by atoms with Crippen molar-refractivity contribution in [1.29, 1.82) is 0 Å². The molecule has 2 aromatic heterocycles. The SMILES string of the molecule is Cc1cccc(-c2nn(Cn3cc(Cl)cn3)c(-c3cccc(C)c3)c2Cl)c1. The summed E-state index contributed by atoms with van der Waals surface area (Å²) in [5, 5.41) is 10.3. The molecule has 0 aliphatic carbocycles. The molecule has 2 heterocycles. The molecule has 0 aliphatic rings. The van der Waals surface area contributed by atoms with Crippen LogP contribution in [0.2, 0.25) is 10.0 Å². The molecule has 4 aromatic rings. The Morgan fingerprint density at radius 2 is 1.59 bits per heavy atom. The Labute approximate surface area is 168 Å². The summed E-state index contributed by atoms with van der Waals surface area (Å²) in [5.74, 6) is 0. The highest BCUT2D eigenvalue weighted by Crippen LogP contribution is 2.37. The van der Waals surface area contributed by atoms with Gasteiger partial charge in [-0.1, -0.05) is 70.7 Å². The van der Waals surface area contributed by atoms with Gasteiger partial charge in [0.2, 0.25) is 0 Å². The molecule has 0 unspecified atom stereocenters. The van der Waals surface area contributed by atoms with E-state index in [1.54, 1.807) is 17.1 Å². The molecular formula is C21H18Cl2N4. The van der Waals surface area contributed by atoms with Crippen LogP contribution in [0.3, 0.4) is 0 Å². The third-order valence-electron chi connectivity index (χ3n) is 4.36. The zero-order valence-electron chi connectivity index (χ0n) is 15.0. The Hall–Kier alpha value is -2.56. The van der Waals surface area contributed by atoms with E-state index in [0.717, 1.165) is 33.6 Å². The first-order valence-corrected chi connectivity index (χ1v) is 9.35. The second-order valence-electron chi connectivity index (χ2n) is 6.59. The molecule has 136 valence electrons. The van der Waals surface area contributed by atoms with Gasteiger partial charge < -0.3 is 0 Å². The van der Waals surface area contributed by atoms with Crippen molar-refractivity contribution in [2.24, 2.45) is 0 Å². The molecule has 2 aromatic carbocycles. The minimum atomic E-state index is 0.418. The molecule has 0 saturated carbocycles. The van der Waals surface area contributed by atoms with Crippen LogP contribution in [-0.4, -0.2) is 19.6 Å². The average molecular weight is 397 g/mol. The Morgan fingerprint density at radius 3 is 2.22 bits per heavy atom. The molecule has 6 heteroatoms. The molecule has 0 spiro atoms. The number of aromatic nitrogens is 4. The van der Waals surface area contributed by atoms with Crippen molar-refractivity contribution in [3.8, 4) is 22.5 Å². The van der Waals surface area contributed by atoms with Gasteiger partial charge in [-0.15, -0.1) is 0 Å². The molecule has 0 bridgehead atoms. The first-order valence-electron chi connectivity index (χ1n) is 8.59. The third-order valence-corrected chi connectivity index (χ3v) is 4.91. The number of hydrogen-bond acceptors (Lipinski definition) is 2. The Morgan fingerprint density at radius 1 is 0.926 bits per heavy atom. The average Bonchev–Trinajstić information content (AvgIpc) is 3.18. The minimum Gasteiger partial charge on any atom is -0.250 e. The van der Waals surface area contributed by atoms with Crippen molar-refractivity contribution < 1.29 is 0 Å². The van der Waals surface area contributed by atoms with Gasteiger partial charge in [0.15, 0.2) is 0 Å². The van der Waals surface area contributed by atoms with Crippen LogP contribution in [0, 0.1) is 13.8 Å². The fourth-order valence-corrected chi connectivity index (χ4v) is 3.65. The third kappa shape index (κ3) is 3.64. The highest BCUT2D eigenvalue weighted by atomic mass is 35.5. The van der Waals surface area contributed by atoms with Crippen LogP contribution < -0.4 is 0 Å². The van der Waals surface area contributed by atoms with Crippen LogP contribution >= 0.6 is 23.2 Å². The van der Waals surface area contributed by atoms with E-state index in [2.05, 4.69) is 43.2 Å². The van der Waals surface area contributed by atoms with Crippen LogP contribution in [-0.2, 0) is 6.67 Å². The predicted molar refractivity (Wildman–Crippen MR) is 110 cm³/mol. The molecule has 0 amide bonds. The molecule has 4 rings (SSSR count). The van der Waals surface area contributed by atoms with Gasteiger partial charge in [0, 0.05) is 17.3 Å². The number of rotatable bonds is 4. The smallest absolute Gasteiger partial charge is 0.133 e. The number of benzene rings is 2. The first kappa shape index (κ1) is 17.8. The maximum atomic E-state index is 6.84. The quantitative estimate of drug-likeness (QED) is 0.434. The second kappa shape index (κ2) is 7.22. The number of nitrogens with zero attached hydrogens (tertiary/aromatic N) is 4. The van der Waals surface area contributed by atoms with Crippen LogP contribution in [0.5, 0.6) is 0 Å². The van der Waals surface area contributed by atoms with E-state index in [9.17, 15) is 0 Å². The van der Waals surface area contributed by atoms with Crippen LogP contribution in [0.1, 0.15) is 11.1 Å². The van der Waals surface area contributed by atoms with Gasteiger partial charge in [-0.2, -0.15) is 10.2 Å². The van der Waals surface area contributed by atoms with Gasteiger partial charge in [-0.3, -0.25) is 0 Å².